The summed E-state index contributed by atoms with van der Waals surface area (Å²) in [7, 11) is 0. The van der Waals surface area contributed by atoms with Gasteiger partial charge in [-0.25, -0.2) is 4.98 Å². The fourth-order valence-corrected chi connectivity index (χ4v) is 5.62. The van der Waals surface area contributed by atoms with Crippen LogP contribution in [0.25, 0.3) is 27.5 Å². The number of hydrogen-bond acceptors (Lipinski definition) is 3. The largest absolute Gasteiger partial charge is 0.486 e. The molecule has 30 heavy (non-hydrogen) atoms. The molecule has 0 amide bonds. The molecule has 0 saturated heterocycles. The maximum atomic E-state index is 5.94. The third-order valence-electron chi connectivity index (χ3n) is 8.68. The van der Waals surface area contributed by atoms with Gasteiger partial charge in [-0.3, -0.25) is 4.40 Å². The molecule has 2 aromatic heterocycles. The summed E-state index contributed by atoms with van der Waals surface area (Å²) in [6.45, 7) is 15.5. The van der Waals surface area contributed by atoms with E-state index in [0.29, 0.717) is 13.2 Å². The lowest BCUT2D eigenvalue weighted by Crippen LogP contribution is -2.42. The zero-order valence-corrected chi connectivity index (χ0v) is 18.6. The van der Waals surface area contributed by atoms with Crippen LogP contribution in [-0.4, -0.2) is 22.6 Å². The maximum absolute atomic E-state index is 5.94. The molecule has 154 valence electrons. The standard InChI is InChI=1S/C26H28N2O2/c1-24(2)17-13-19-20(14-18(17)25(3,4)26(24,5)6)28-10-9-15-16(23(28)27-19)7-8-21-22(15)30-12-11-29-21/h7-10,13-14H,11-12H2,1-6H3. The molecule has 0 unspecified atom stereocenters. The molecule has 3 heterocycles. The number of fused-ring (bicyclic) bond motifs is 8. The molecule has 2 aromatic carbocycles. The number of imidazole rings is 1. The molecule has 0 fully saturated rings. The van der Waals surface area contributed by atoms with Gasteiger partial charge >= 0.3 is 0 Å². The summed E-state index contributed by atoms with van der Waals surface area (Å²) in [6.07, 6.45) is 2.12. The number of rotatable bonds is 0. The number of pyridine rings is 1. The van der Waals surface area contributed by atoms with Gasteiger partial charge in [0.15, 0.2) is 11.5 Å². The van der Waals surface area contributed by atoms with Crippen molar-refractivity contribution in [2.75, 3.05) is 13.2 Å². The molecule has 4 aromatic rings. The molecular formula is C26H28N2O2. The van der Waals surface area contributed by atoms with Gasteiger partial charge in [-0.15, -0.1) is 0 Å². The van der Waals surface area contributed by atoms with Crippen LogP contribution in [0, 0.1) is 5.41 Å². The molecule has 1 aliphatic heterocycles. The summed E-state index contributed by atoms with van der Waals surface area (Å²) in [5, 5.41) is 2.15. The smallest absolute Gasteiger partial charge is 0.169 e. The van der Waals surface area contributed by atoms with E-state index in [-0.39, 0.29) is 16.2 Å². The Kier molecular flexibility index (Phi) is 3.18. The van der Waals surface area contributed by atoms with Crippen LogP contribution in [0.15, 0.2) is 36.5 Å². The Morgan fingerprint density at radius 1 is 0.833 bits per heavy atom. The van der Waals surface area contributed by atoms with E-state index >= 15 is 0 Å². The van der Waals surface area contributed by atoms with Crippen LogP contribution in [0.3, 0.4) is 0 Å². The Balaban J connectivity index is 1.69. The fourth-order valence-electron chi connectivity index (χ4n) is 5.62. The second-order valence-electron chi connectivity index (χ2n) is 10.4. The second kappa shape index (κ2) is 5.29. The first kappa shape index (κ1) is 18.1. The molecule has 0 N–H and O–H groups in total. The minimum atomic E-state index is 0.0716. The summed E-state index contributed by atoms with van der Waals surface area (Å²) in [4.78, 5) is 5.10. The highest BCUT2D eigenvalue weighted by atomic mass is 16.6. The van der Waals surface area contributed by atoms with E-state index in [4.69, 9.17) is 14.5 Å². The number of aromatic nitrogens is 2. The molecule has 4 heteroatoms. The quantitative estimate of drug-likeness (QED) is 0.363. The van der Waals surface area contributed by atoms with Crippen LogP contribution in [0.5, 0.6) is 11.5 Å². The average Bonchev–Trinajstić information content (AvgIpc) is 3.14. The molecule has 0 bridgehead atoms. The van der Waals surface area contributed by atoms with Crippen molar-refractivity contribution in [1.82, 2.24) is 9.38 Å². The number of ether oxygens (including phenoxy) is 2. The van der Waals surface area contributed by atoms with Crippen LogP contribution >= 0.6 is 0 Å². The molecule has 0 atom stereocenters. The topological polar surface area (TPSA) is 35.8 Å². The summed E-state index contributed by atoms with van der Waals surface area (Å²) in [6, 6.07) is 11.0. The first-order valence-electron chi connectivity index (χ1n) is 10.8. The van der Waals surface area contributed by atoms with Gasteiger partial charge in [-0.05, 0) is 57.7 Å². The van der Waals surface area contributed by atoms with Crippen molar-refractivity contribution in [3.05, 3.63) is 47.7 Å². The van der Waals surface area contributed by atoms with Gasteiger partial charge in [0.25, 0.3) is 0 Å². The first-order valence-corrected chi connectivity index (χ1v) is 10.8. The molecule has 0 saturated carbocycles. The van der Waals surface area contributed by atoms with Gasteiger partial charge in [0.1, 0.15) is 18.9 Å². The Morgan fingerprint density at radius 3 is 2.30 bits per heavy atom. The van der Waals surface area contributed by atoms with E-state index in [0.717, 1.165) is 33.4 Å². The van der Waals surface area contributed by atoms with Crippen LogP contribution in [0.4, 0.5) is 0 Å². The zero-order valence-electron chi connectivity index (χ0n) is 18.6. The van der Waals surface area contributed by atoms with Gasteiger partial charge in [0.2, 0.25) is 0 Å². The zero-order chi connectivity index (χ0) is 21.1. The summed E-state index contributed by atoms with van der Waals surface area (Å²) in [5.41, 5.74) is 6.34. The highest BCUT2D eigenvalue weighted by Gasteiger charge is 2.56. The minimum Gasteiger partial charge on any atom is -0.486 e. The third kappa shape index (κ3) is 1.91. The molecule has 4 nitrogen and oxygen atoms in total. The minimum absolute atomic E-state index is 0.0716. The predicted octanol–water partition coefficient (Wildman–Crippen LogP) is 6.01. The van der Waals surface area contributed by atoms with E-state index in [1.165, 1.54) is 16.6 Å². The van der Waals surface area contributed by atoms with E-state index in [1.807, 2.05) is 6.07 Å². The lowest BCUT2D eigenvalue weighted by atomic mass is 9.59. The number of nitrogens with zero attached hydrogens (tertiary/aromatic N) is 2. The van der Waals surface area contributed by atoms with Crippen LogP contribution in [0.1, 0.15) is 52.7 Å². The van der Waals surface area contributed by atoms with Crippen molar-refractivity contribution in [2.45, 2.75) is 52.4 Å². The first-order chi connectivity index (χ1) is 14.1. The predicted molar refractivity (Wildman–Crippen MR) is 121 cm³/mol. The van der Waals surface area contributed by atoms with Crippen molar-refractivity contribution in [3.63, 3.8) is 0 Å². The van der Waals surface area contributed by atoms with Crippen molar-refractivity contribution >= 4 is 27.5 Å². The third-order valence-corrected chi connectivity index (χ3v) is 8.68. The molecular weight excluding hydrogens is 372 g/mol. The Morgan fingerprint density at radius 2 is 1.53 bits per heavy atom. The van der Waals surface area contributed by atoms with Crippen molar-refractivity contribution in [2.24, 2.45) is 5.41 Å². The fraction of sp³-hybridized carbons (Fsp3) is 0.423. The van der Waals surface area contributed by atoms with E-state index in [1.54, 1.807) is 0 Å². The molecule has 1 aliphatic carbocycles. The van der Waals surface area contributed by atoms with E-state index in [2.05, 4.69) is 76.4 Å². The highest BCUT2D eigenvalue weighted by Crippen LogP contribution is 2.61. The van der Waals surface area contributed by atoms with Crippen molar-refractivity contribution < 1.29 is 9.47 Å². The Hall–Kier alpha value is -2.75. The molecule has 6 rings (SSSR count). The summed E-state index contributed by atoms with van der Waals surface area (Å²) in [5.74, 6) is 1.65. The number of benzene rings is 2. The average molecular weight is 401 g/mol. The molecule has 2 aliphatic rings. The monoisotopic (exact) mass is 400 g/mol. The summed E-state index contributed by atoms with van der Waals surface area (Å²) >= 11 is 0. The molecule has 0 radical (unpaired) electrons. The van der Waals surface area contributed by atoms with Gasteiger partial charge in [0, 0.05) is 17.0 Å². The second-order valence-corrected chi connectivity index (χ2v) is 10.4. The SMILES string of the molecule is CC1(C)c2cc3nc4c5ccc6c(c5ccn4c3cc2C(C)(C)C1(C)C)OCCO6. The van der Waals surface area contributed by atoms with Gasteiger partial charge in [0.05, 0.1) is 11.0 Å². The number of hydrogen-bond donors (Lipinski definition) is 0. The normalized spacial score (nSPS) is 20.7. The van der Waals surface area contributed by atoms with Gasteiger partial charge in [-0.1, -0.05) is 41.5 Å². The van der Waals surface area contributed by atoms with Gasteiger partial charge < -0.3 is 9.47 Å². The van der Waals surface area contributed by atoms with E-state index < -0.39 is 0 Å². The van der Waals surface area contributed by atoms with Crippen molar-refractivity contribution in [3.8, 4) is 11.5 Å². The van der Waals surface area contributed by atoms with Crippen LogP contribution < -0.4 is 9.47 Å². The lowest BCUT2D eigenvalue weighted by molar-refractivity contribution is 0.125. The summed E-state index contributed by atoms with van der Waals surface area (Å²) < 4.78 is 13.9. The highest BCUT2D eigenvalue weighted by molar-refractivity contribution is 6.02. The van der Waals surface area contributed by atoms with E-state index in [9.17, 15) is 0 Å². The molecule has 0 spiro atoms. The Bertz CT molecular complexity index is 1370. The van der Waals surface area contributed by atoms with Crippen molar-refractivity contribution in [1.29, 1.82) is 0 Å². The van der Waals surface area contributed by atoms with Crippen LogP contribution in [0.2, 0.25) is 0 Å². The lowest BCUT2D eigenvalue weighted by Gasteiger charge is -2.44. The van der Waals surface area contributed by atoms with Crippen LogP contribution in [-0.2, 0) is 10.8 Å². The van der Waals surface area contributed by atoms with Gasteiger partial charge in [-0.2, -0.15) is 0 Å². The Labute approximate surface area is 176 Å². The maximum Gasteiger partial charge on any atom is 0.169 e.